The molecule has 4 heteroatoms. The fourth-order valence-corrected chi connectivity index (χ4v) is 2.36. The number of amides is 1. The van der Waals surface area contributed by atoms with Gasteiger partial charge in [0, 0.05) is 10.9 Å². The Labute approximate surface area is 93.4 Å². The van der Waals surface area contributed by atoms with E-state index in [1.165, 1.54) is 0 Å². The lowest BCUT2D eigenvalue weighted by Gasteiger charge is -2.18. The van der Waals surface area contributed by atoms with Crippen molar-refractivity contribution < 1.29 is 4.79 Å². The Hall–Kier alpha value is -1.000. The van der Waals surface area contributed by atoms with Crippen LogP contribution in [0.15, 0.2) is 23.1 Å². The average molecular weight is 222 g/mol. The lowest BCUT2D eigenvalue weighted by molar-refractivity contribution is -0.113. The number of nitrogens with two attached hydrogens (primary N) is 1. The largest absolute Gasteiger partial charge is 0.324 e. The van der Waals surface area contributed by atoms with Crippen molar-refractivity contribution in [1.29, 1.82) is 0 Å². The molecule has 0 aliphatic carbocycles. The first-order valence-corrected chi connectivity index (χ1v) is 6.01. The molecule has 0 aromatic heterocycles. The van der Waals surface area contributed by atoms with E-state index in [0.29, 0.717) is 5.75 Å². The van der Waals surface area contributed by atoms with Crippen LogP contribution in [0.5, 0.6) is 0 Å². The van der Waals surface area contributed by atoms with Crippen LogP contribution in [-0.4, -0.2) is 11.7 Å². The maximum absolute atomic E-state index is 11.2. The van der Waals surface area contributed by atoms with E-state index in [1.807, 2.05) is 18.2 Å². The molecule has 80 valence electrons. The molecular weight excluding hydrogens is 208 g/mol. The Morgan fingerprint density at radius 2 is 2.40 bits per heavy atom. The van der Waals surface area contributed by atoms with Crippen molar-refractivity contribution in [1.82, 2.24) is 0 Å². The van der Waals surface area contributed by atoms with Crippen molar-refractivity contribution in [3.8, 4) is 0 Å². The van der Waals surface area contributed by atoms with E-state index in [4.69, 9.17) is 5.73 Å². The van der Waals surface area contributed by atoms with Crippen molar-refractivity contribution >= 4 is 23.4 Å². The van der Waals surface area contributed by atoms with Gasteiger partial charge in [-0.25, -0.2) is 0 Å². The van der Waals surface area contributed by atoms with Crippen LogP contribution in [0, 0.1) is 0 Å². The second-order valence-corrected chi connectivity index (χ2v) is 4.62. The summed E-state index contributed by atoms with van der Waals surface area (Å²) in [6.45, 7) is 2.05. The minimum absolute atomic E-state index is 0.0547. The van der Waals surface area contributed by atoms with Crippen LogP contribution in [0.2, 0.25) is 0 Å². The summed E-state index contributed by atoms with van der Waals surface area (Å²) in [6, 6.07) is 6.11. The number of benzene rings is 1. The Morgan fingerprint density at radius 3 is 3.13 bits per heavy atom. The molecule has 0 radical (unpaired) electrons. The quantitative estimate of drug-likeness (QED) is 0.806. The Bertz CT molecular complexity index is 392. The van der Waals surface area contributed by atoms with Gasteiger partial charge >= 0.3 is 0 Å². The normalized spacial score (nSPS) is 16.8. The first-order valence-electron chi connectivity index (χ1n) is 5.03. The highest BCUT2D eigenvalue weighted by Gasteiger charge is 2.16. The number of nitrogens with one attached hydrogen (secondary N) is 1. The smallest absolute Gasteiger partial charge is 0.234 e. The summed E-state index contributed by atoms with van der Waals surface area (Å²) in [7, 11) is 0. The lowest BCUT2D eigenvalue weighted by Crippen LogP contribution is -2.19. The van der Waals surface area contributed by atoms with Crippen molar-refractivity contribution in [3.05, 3.63) is 23.8 Å². The summed E-state index contributed by atoms with van der Waals surface area (Å²) >= 11 is 1.57. The molecule has 0 saturated heterocycles. The molecule has 0 fully saturated rings. The predicted molar refractivity (Wildman–Crippen MR) is 63.0 cm³/mol. The third kappa shape index (κ3) is 2.16. The number of carbonyl (C=O) groups excluding carboxylic acids is 1. The molecule has 1 aromatic carbocycles. The van der Waals surface area contributed by atoms with Gasteiger partial charge in [0.05, 0.1) is 11.4 Å². The number of thioether (sulfide) groups is 1. The number of anilines is 1. The molecular formula is C11H14N2OS. The highest BCUT2D eigenvalue weighted by atomic mass is 32.2. The van der Waals surface area contributed by atoms with Gasteiger partial charge in [-0.1, -0.05) is 13.0 Å². The van der Waals surface area contributed by atoms with Crippen LogP contribution in [0.4, 0.5) is 5.69 Å². The van der Waals surface area contributed by atoms with Crippen molar-refractivity contribution in [2.75, 3.05) is 11.1 Å². The lowest BCUT2D eigenvalue weighted by atomic mass is 10.0. The molecule has 1 heterocycles. The van der Waals surface area contributed by atoms with Crippen LogP contribution in [0.25, 0.3) is 0 Å². The van der Waals surface area contributed by atoms with Gasteiger partial charge in [0.2, 0.25) is 5.91 Å². The number of carbonyl (C=O) groups is 1. The van der Waals surface area contributed by atoms with Gasteiger partial charge in [0.25, 0.3) is 0 Å². The SMILES string of the molecule is CCC(N)c1ccc2c(c1)NC(=O)CS2. The summed E-state index contributed by atoms with van der Waals surface area (Å²) < 4.78 is 0. The standard InChI is InChI=1S/C11H14N2OS/c1-2-8(12)7-3-4-10-9(5-7)13-11(14)6-15-10/h3-5,8H,2,6,12H2,1H3,(H,13,14). The molecule has 2 rings (SSSR count). The second-order valence-electron chi connectivity index (χ2n) is 3.61. The van der Waals surface area contributed by atoms with Crippen molar-refractivity contribution in [2.45, 2.75) is 24.3 Å². The fourth-order valence-electron chi connectivity index (χ4n) is 1.57. The molecule has 15 heavy (non-hydrogen) atoms. The van der Waals surface area contributed by atoms with Gasteiger partial charge in [-0.3, -0.25) is 4.79 Å². The van der Waals surface area contributed by atoms with E-state index < -0.39 is 0 Å². The van der Waals surface area contributed by atoms with E-state index >= 15 is 0 Å². The molecule has 0 saturated carbocycles. The molecule has 3 nitrogen and oxygen atoms in total. The monoisotopic (exact) mass is 222 g/mol. The maximum Gasteiger partial charge on any atom is 0.234 e. The van der Waals surface area contributed by atoms with E-state index in [0.717, 1.165) is 22.6 Å². The van der Waals surface area contributed by atoms with E-state index in [9.17, 15) is 4.79 Å². The zero-order valence-electron chi connectivity index (χ0n) is 8.62. The van der Waals surface area contributed by atoms with Gasteiger partial charge in [-0.05, 0) is 24.1 Å². The molecule has 1 aromatic rings. The van der Waals surface area contributed by atoms with Gasteiger partial charge < -0.3 is 11.1 Å². The Balaban J connectivity index is 2.32. The van der Waals surface area contributed by atoms with Gasteiger partial charge in [-0.2, -0.15) is 0 Å². The number of fused-ring (bicyclic) bond motifs is 1. The average Bonchev–Trinajstić information content (AvgIpc) is 2.27. The van der Waals surface area contributed by atoms with Gasteiger partial charge in [-0.15, -0.1) is 11.8 Å². The third-order valence-electron chi connectivity index (χ3n) is 2.50. The summed E-state index contributed by atoms with van der Waals surface area (Å²) in [4.78, 5) is 12.3. The zero-order chi connectivity index (χ0) is 10.8. The molecule has 0 bridgehead atoms. The molecule has 1 aliphatic rings. The van der Waals surface area contributed by atoms with E-state index in [-0.39, 0.29) is 11.9 Å². The second kappa shape index (κ2) is 4.24. The van der Waals surface area contributed by atoms with Crippen LogP contribution in [0.1, 0.15) is 24.9 Å². The number of hydrogen-bond donors (Lipinski definition) is 2. The predicted octanol–water partition coefficient (Wildman–Crippen LogP) is 2.14. The third-order valence-corrected chi connectivity index (χ3v) is 3.58. The van der Waals surface area contributed by atoms with Crippen LogP contribution in [0.3, 0.4) is 0 Å². The molecule has 0 spiro atoms. The van der Waals surface area contributed by atoms with Crippen molar-refractivity contribution in [2.24, 2.45) is 5.73 Å². The molecule has 1 atom stereocenters. The molecule has 3 N–H and O–H groups in total. The fraction of sp³-hybridized carbons (Fsp3) is 0.364. The topological polar surface area (TPSA) is 55.1 Å². The summed E-state index contributed by atoms with van der Waals surface area (Å²) in [5, 5.41) is 2.86. The van der Waals surface area contributed by atoms with Crippen molar-refractivity contribution in [3.63, 3.8) is 0 Å². The van der Waals surface area contributed by atoms with Crippen LogP contribution < -0.4 is 11.1 Å². The maximum atomic E-state index is 11.2. The summed E-state index contributed by atoms with van der Waals surface area (Å²) in [6.07, 6.45) is 0.903. The minimum Gasteiger partial charge on any atom is -0.324 e. The zero-order valence-corrected chi connectivity index (χ0v) is 9.43. The molecule has 1 amide bonds. The highest BCUT2D eigenvalue weighted by Crippen LogP contribution is 2.33. The van der Waals surface area contributed by atoms with E-state index in [1.54, 1.807) is 11.8 Å². The number of hydrogen-bond acceptors (Lipinski definition) is 3. The summed E-state index contributed by atoms with van der Waals surface area (Å²) in [5.74, 6) is 0.571. The highest BCUT2D eigenvalue weighted by molar-refractivity contribution is 8.00. The molecule has 1 aliphatic heterocycles. The summed E-state index contributed by atoms with van der Waals surface area (Å²) in [5.41, 5.74) is 7.93. The van der Waals surface area contributed by atoms with Gasteiger partial charge in [0.1, 0.15) is 0 Å². The Kier molecular flexibility index (Phi) is 2.98. The van der Waals surface area contributed by atoms with E-state index in [2.05, 4.69) is 12.2 Å². The minimum atomic E-state index is 0.0547. The Morgan fingerprint density at radius 1 is 1.60 bits per heavy atom. The molecule has 1 unspecified atom stereocenters. The van der Waals surface area contributed by atoms with Gasteiger partial charge in [0.15, 0.2) is 0 Å². The van der Waals surface area contributed by atoms with Crippen LogP contribution in [-0.2, 0) is 4.79 Å². The van der Waals surface area contributed by atoms with Crippen LogP contribution >= 0.6 is 11.8 Å². The number of rotatable bonds is 2. The first-order chi connectivity index (χ1) is 7.20. The first kappa shape index (κ1) is 10.5.